The second kappa shape index (κ2) is 5.33. The lowest BCUT2D eigenvalue weighted by molar-refractivity contribution is -0.105. The Hall–Kier alpha value is -1.36. The summed E-state index contributed by atoms with van der Waals surface area (Å²) in [5.41, 5.74) is 6.53. The normalized spacial score (nSPS) is 38.3. The molecule has 2 bridgehead atoms. The molecule has 1 saturated heterocycles. The second-order valence-corrected chi connectivity index (χ2v) is 8.44. The number of rotatable bonds is 3. The third-order valence-electron chi connectivity index (χ3n) is 6.86. The minimum absolute atomic E-state index is 0.272. The number of hydrogen-bond acceptors (Lipinski definition) is 5. The summed E-state index contributed by atoms with van der Waals surface area (Å²) in [6, 6.07) is 2.77. The molecule has 0 aromatic carbocycles. The van der Waals surface area contributed by atoms with Gasteiger partial charge in [0.15, 0.2) is 0 Å². The lowest BCUT2D eigenvalue weighted by Gasteiger charge is -2.62. The molecular weight excluding hydrogens is 286 g/mol. The van der Waals surface area contributed by atoms with Crippen LogP contribution in [0.25, 0.3) is 0 Å². The first-order chi connectivity index (χ1) is 10.9. The van der Waals surface area contributed by atoms with Gasteiger partial charge in [-0.25, -0.2) is 4.98 Å². The highest BCUT2D eigenvalue weighted by Crippen LogP contribution is 2.61. The minimum Gasteiger partial charge on any atom is -0.355 e. The van der Waals surface area contributed by atoms with Crippen molar-refractivity contribution in [3.05, 3.63) is 12.3 Å². The maximum atomic E-state index is 6.01. The van der Waals surface area contributed by atoms with Gasteiger partial charge in [0.25, 0.3) is 0 Å². The average Bonchev–Trinajstić information content (AvgIpc) is 2.95. The van der Waals surface area contributed by atoms with Gasteiger partial charge in [0, 0.05) is 31.4 Å². The molecule has 5 atom stereocenters. The zero-order valence-electron chi connectivity index (χ0n) is 14.5. The topological polar surface area (TPSA) is 67.1 Å². The number of nitrogens with zero attached hydrogens (tertiary/aromatic N) is 3. The molecule has 4 fully saturated rings. The number of nitrogens with one attached hydrogen (secondary N) is 1. The van der Waals surface area contributed by atoms with Crippen LogP contribution in [-0.4, -0.2) is 35.1 Å². The van der Waals surface area contributed by atoms with E-state index in [0.29, 0.717) is 17.4 Å². The van der Waals surface area contributed by atoms with Gasteiger partial charge in [0.1, 0.15) is 5.82 Å². The summed E-state index contributed by atoms with van der Waals surface area (Å²) in [6.07, 6.45) is 5.56. The summed E-state index contributed by atoms with van der Waals surface area (Å²) in [6.45, 7) is 9.16. The predicted octanol–water partition coefficient (Wildman–Crippen LogP) is 2.50. The Bertz CT molecular complexity index is 587. The van der Waals surface area contributed by atoms with Crippen LogP contribution in [0.1, 0.15) is 40.0 Å². The van der Waals surface area contributed by atoms with Crippen LogP contribution in [0.2, 0.25) is 0 Å². The highest BCUT2D eigenvalue weighted by Gasteiger charge is 2.56. The first kappa shape index (κ1) is 15.2. The summed E-state index contributed by atoms with van der Waals surface area (Å²) in [5, 5.41) is 3.62. The van der Waals surface area contributed by atoms with Crippen LogP contribution in [-0.2, 0) is 0 Å². The molecule has 3 N–H and O–H groups in total. The van der Waals surface area contributed by atoms with Crippen LogP contribution in [0.3, 0.4) is 0 Å². The fraction of sp³-hybridized carbons (Fsp3) is 0.778. The lowest BCUT2D eigenvalue weighted by atomic mass is 9.45. The molecule has 1 aromatic rings. The van der Waals surface area contributed by atoms with Crippen LogP contribution < -0.4 is 16.0 Å². The van der Waals surface area contributed by atoms with Crippen molar-refractivity contribution in [1.82, 2.24) is 9.97 Å². The van der Waals surface area contributed by atoms with E-state index >= 15 is 0 Å². The smallest absolute Gasteiger partial charge is 0.224 e. The largest absolute Gasteiger partial charge is 0.355 e. The highest BCUT2D eigenvalue weighted by molar-refractivity contribution is 5.44. The number of anilines is 2. The quantitative estimate of drug-likeness (QED) is 0.897. The molecule has 3 aliphatic carbocycles. The molecular formula is C18H29N5. The monoisotopic (exact) mass is 315 g/mol. The number of aromatic nitrogens is 2. The van der Waals surface area contributed by atoms with Crippen molar-refractivity contribution < 1.29 is 0 Å². The van der Waals surface area contributed by atoms with E-state index in [2.05, 4.69) is 36.0 Å². The van der Waals surface area contributed by atoms with Crippen molar-refractivity contribution in [3.63, 3.8) is 0 Å². The Morgan fingerprint density at radius 2 is 2.17 bits per heavy atom. The Kier molecular flexibility index (Phi) is 3.52. The van der Waals surface area contributed by atoms with Gasteiger partial charge >= 0.3 is 0 Å². The van der Waals surface area contributed by atoms with Gasteiger partial charge in [-0.3, -0.25) is 0 Å². The summed E-state index contributed by atoms with van der Waals surface area (Å²) >= 11 is 0. The molecule has 23 heavy (non-hydrogen) atoms. The zero-order chi connectivity index (χ0) is 16.2. The van der Waals surface area contributed by atoms with E-state index in [1.807, 2.05) is 12.3 Å². The van der Waals surface area contributed by atoms with Gasteiger partial charge in [-0.15, -0.1) is 0 Å². The van der Waals surface area contributed by atoms with E-state index < -0.39 is 0 Å². The highest BCUT2D eigenvalue weighted by atomic mass is 15.3. The molecule has 4 aliphatic rings. The van der Waals surface area contributed by atoms with Crippen molar-refractivity contribution in [2.45, 2.75) is 52.1 Å². The molecule has 1 aromatic heterocycles. The maximum Gasteiger partial charge on any atom is 0.224 e. The summed E-state index contributed by atoms with van der Waals surface area (Å²) in [4.78, 5) is 11.5. The Morgan fingerprint density at radius 1 is 1.35 bits per heavy atom. The van der Waals surface area contributed by atoms with Crippen molar-refractivity contribution in [1.29, 1.82) is 0 Å². The Morgan fingerprint density at radius 3 is 2.83 bits per heavy atom. The van der Waals surface area contributed by atoms with Crippen LogP contribution >= 0.6 is 0 Å². The SMILES string of the molecule is CC1C(Nc2nccc(N3CCC(N)C3)n2)CC2CC1C2(C)C. The number of nitrogens with two attached hydrogens (primary N) is 1. The number of hydrogen-bond donors (Lipinski definition) is 2. The van der Waals surface area contributed by atoms with E-state index in [9.17, 15) is 0 Å². The van der Waals surface area contributed by atoms with E-state index in [1.54, 1.807) is 0 Å². The predicted molar refractivity (Wildman–Crippen MR) is 93.4 cm³/mol. The molecule has 1 aliphatic heterocycles. The van der Waals surface area contributed by atoms with Gasteiger partial charge in [0.2, 0.25) is 5.95 Å². The van der Waals surface area contributed by atoms with E-state index in [4.69, 9.17) is 10.7 Å². The van der Waals surface area contributed by atoms with Gasteiger partial charge in [-0.05, 0) is 48.5 Å². The van der Waals surface area contributed by atoms with Gasteiger partial charge in [-0.2, -0.15) is 4.98 Å². The van der Waals surface area contributed by atoms with Crippen molar-refractivity contribution in [3.8, 4) is 0 Å². The summed E-state index contributed by atoms with van der Waals surface area (Å²) < 4.78 is 0. The van der Waals surface area contributed by atoms with Crippen molar-refractivity contribution in [2.24, 2.45) is 28.9 Å². The number of fused-ring (bicyclic) bond motifs is 2. The maximum absolute atomic E-state index is 6.01. The molecule has 5 rings (SSSR count). The standard InChI is InChI=1S/C18H29N5/c1-11-14-8-12(18(14,2)3)9-15(11)21-17-20-6-4-16(22-17)23-7-5-13(19)10-23/h4,6,11-15H,5,7-10,19H2,1-3H3,(H,20,21,22). The summed E-state index contributed by atoms with van der Waals surface area (Å²) in [5.74, 6) is 4.14. The van der Waals surface area contributed by atoms with Crippen LogP contribution in [0, 0.1) is 23.2 Å². The molecule has 3 saturated carbocycles. The molecule has 0 amide bonds. The third kappa shape index (κ3) is 2.49. The molecule has 126 valence electrons. The molecule has 0 radical (unpaired) electrons. The second-order valence-electron chi connectivity index (χ2n) is 8.44. The molecule has 0 spiro atoms. The first-order valence-corrected chi connectivity index (χ1v) is 9.05. The van der Waals surface area contributed by atoms with Gasteiger partial charge < -0.3 is 16.0 Å². The van der Waals surface area contributed by atoms with E-state index in [0.717, 1.165) is 43.1 Å². The van der Waals surface area contributed by atoms with Crippen LogP contribution in [0.5, 0.6) is 0 Å². The van der Waals surface area contributed by atoms with Crippen LogP contribution in [0.4, 0.5) is 11.8 Å². The van der Waals surface area contributed by atoms with Gasteiger partial charge in [0.05, 0.1) is 0 Å². The molecule has 2 heterocycles. The fourth-order valence-corrected chi connectivity index (χ4v) is 5.10. The Balaban J connectivity index is 1.46. The minimum atomic E-state index is 0.272. The molecule has 5 heteroatoms. The molecule has 5 unspecified atom stereocenters. The lowest BCUT2D eigenvalue weighted by Crippen LogP contribution is -2.58. The Labute approximate surface area is 139 Å². The zero-order valence-corrected chi connectivity index (χ0v) is 14.5. The van der Waals surface area contributed by atoms with Gasteiger partial charge in [-0.1, -0.05) is 20.8 Å². The average molecular weight is 315 g/mol. The van der Waals surface area contributed by atoms with Crippen molar-refractivity contribution >= 4 is 11.8 Å². The van der Waals surface area contributed by atoms with E-state index in [1.165, 1.54) is 12.8 Å². The van der Waals surface area contributed by atoms with E-state index in [-0.39, 0.29) is 6.04 Å². The fourth-order valence-electron chi connectivity index (χ4n) is 5.10. The molecule has 5 nitrogen and oxygen atoms in total. The first-order valence-electron chi connectivity index (χ1n) is 9.05. The van der Waals surface area contributed by atoms with Crippen LogP contribution in [0.15, 0.2) is 12.3 Å². The summed E-state index contributed by atoms with van der Waals surface area (Å²) in [7, 11) is 0. The third-order valence-corrected chi connectivity index (χ3v) is 6.86. The van der Waals surface area contributed by atoms with Crippen molar-refractivity contribution in [2.75, 3.05) is 23.3 Å².